The lowest BCUT2D eigenvalue weighted by Gasteiger charge is -2.22. The fourth-order valence-corrected chi connectivity index (χ4v) is 6.52. The lowest BCUT2D eigenvalue weighted by Crippen LogP contribution is -2.43. The quantitative estimate of drug-likeness (QED) is 0.545. The number of nitrogens with one attached hydrogen (secondary N) is 2. The van der Waals surface area contributed by atoms with Gasteiger partial charge in [-0.15, -0.1) is 0 Å². The van der Waals surface area contributed by atoms with Gasteiger partial charge in [-0.05, 0) is 25.7 Å². The summed E-state index contributed by atoms with van der Waals surface area (Å²) in [5.74, 6) is -0.0300. The Morgan fingerprint density at radius 3 is 2.05 bits per heavy atom. The van der Waals surface area contributed by atoms with E-state index in [4.69, 9.17) is 0 Å². The molecule has 0 aromatic rings. The molecule has 2 aliphatic rings. The molecule has 22 heavy (non-hydrogen) atoms. The first kappa shape index (κ1) is 18.2. The van der Waals surface area contributed by atoms with Crippen LogP contribution in [0.3, 0.4) is 0 Å². The highest BCUT2D eigenvalue weighted by molar-refractivity contribution is 7.92. The average Bonchev–Trinajstić information content (AvgIpc) is 2.72. The summed E-state index contributed by atoms with van der Waals surface area (Å²) >= 11 is 0. The summed E-state index contributed by atoms with van der Waals surface area (Å²) in [4.78, 5) is 0. The third-order valence-corrected chi connectivity index (χ3v) is 8.33. The minimum atomic E-state index is -3.40. The Morgan fingerprint density at radius 2 is 1.45 bits per heavy atom. The number of hydrogen-bond acceptors (Lipinski definition) is 5. The van der Waals surface area contributed by atoms with Crippen molar-refractivity contribution in [3.63, 3.8) is 0 Å². The zero-order valence-corrected chi connectivity index (χ0v) is 14.7. The highest BCUT2D eigenvalue weighted by atomic mass is 32.2. The second-order valence-electron chi connectivity index (χ2n) is 6.43. The van der Waals surface area contributed by atoms with Crippen molar-refractivity contribution in [1.29, 1.82) is 0 Å². The molecule has 6 nitrogen and oxygen atoms in total. The summed E-state index contributed by atoms with van der Waals surface area (Å²) < 4.78 is 49.7. The van der Waals surface area contributed by atoms with Gasteiger partial charge in [0.1, 0.15) is 9.84 Å². The van der Waals surface area contributed by atoms with Gasteiger partial charge in [0, 0.05) is 19.1 Å². The molecular formula is C14H28N2O4S2. The van der Waals surface area contributed by atoms with Gasteiger partial charge < -0.3 is 5.32 Å². The Morgan fingerprint density at radius 1 is 0.864 bits per heavy atom. The molecule has 2 fully saturated rings. The fraction of sp³-hybridized carbons (Fsp3) is 1.00. The normalized spacial score (nSPS) is 24.9. The smallest absolute Gasteiger partial charge is 0.214 e. The molecule has 2 N–H and O–H groups in total. The number of rotatable bonds is 6. The first-order chi connectivity index (χ1) is 10.4. The van der Waals surface area contributed by atoms with Crippen LogP contribution in [0.4, 0.5) is 0 Å². The molecule has 0 atom stereocenters. The second-order valence-corrected chi connectivity index (χ2v) is 10.8. The molecule has 2 rings (SSSR count). The van der Waals surface area contributed by atoms with E-state index in [1.807, 2.05) is 0 Å². The maximum atomic E-state index is 12.2. The molecule has 1 saturated heterocycles. The first-order valence-electron chi connectivity index (χ1n) is 8.31. The molecule has 130 valence electrons. The zero-order chi connectivity index (χ0) is 16.1. The maximum absolute atomic E-state index is 12.2. The molecule has 1 aliphatic heterocycles. The van der Waals surface area contributed by atoms with E-state index in [1.54, 1.807) is 0 Å². The Kier molecular flexibility index (Phi) is 6.67. The summed E-state index contributed by atoms with van der Waals surface area (Å²) in [5, 5.41) is 2.87. The lowest BCUT2D eigenvalue weighted by atomic mass is 10.1. The van der Waals surface area contributed by atoms with Gasteiger partial charge in [0.05, 0.1) is 16.8 Å². The summed E-state index contributed by atoms with van der Waals surface area (Å²) in [6.07, 6.45) is 7.88. The molecule has 1 saturated carbocycles. The fourth-order valence-electron chi connectivity index (χ4n) is 3.25. The van der Waals surface area contributed by atoms with Crippen molar-refractivity contribution < 1.29 is 16.8 Å². The van der Waals surface area contributed by atoms with Gasteiger partial charge in [-0.1, -0.05) is 25.7 Å². The van der Waals surface area contributed by atoms with Crippen LogP contribution in [0.25, 0.3) is 0 Å². The van der Waals surface area contributed by atoms with Crippen LogP contribution in [0.5, 0.6) is 0 Å². The topological polar surface area (TPSA) is 92.3 Å². The highest BCUT2D eigenvalue weighted by Gasteiger charge is 2.32. The zero-order valence-electron chi connectivity index (χ0n) is 13.1. The Bertz CT molecular complexity index is 523. The minimum Gasteiger partial charge on any atom is -0.313 e. The van der Waals surface area contributed by atoms with Crippen molar-refractivity contribution in [1.82, 2.24) is 10.0 Å². The molecule has 1 heterocycles. The van der Waals surface area contributed by atoms with Crippen LogP contribution >= 0.6 is 0 Å². The van der Waals surface area contributed by atoms with Crippen molar-refractivity contribution in [2.75, 3.05) is 24.6 Å². The van der Waals surface area contributed by atoms with Crippen molar-refractivity contribution in [2.45, 2.75) is 62.7 Å². The van der Waals surface area contributed by atoms with Gasteiger partial charge in [0.2, 0.25) is 10.0 Å². The molecule has 0 spiro atoms. The van der Waals surface area contributed by atoms with Crippen LogP contribution < -0.4 is 10.0 Å². The van der Waals surface area contributed by atoms with E-state index in [0.29, 0.717) is 19.1 Å². The second kappa shape index (κ2) is 8.08. The van der Waals surface area contributed by atoms with Gasteiger partial charge in [0.15, 0.2) is 0 Å². The van der Waals surface area contributed by atoms with Gasteiger partial charge in [-0.2, -0.15) is 0 Å². The number of hydrogen-bond donors (Lipinski definition) is 2. The summed E-state index contributed by atoms with van der Waals surface area (Å²) in [5.41, 5.74) is 0. The van der Waals surface area contributed by atoms with Crippen LogP contribution in [0.15, 0.2) is 0 Å². The Labute approximate surface area is 134 Å². The third kappa shape index (κ3) is 5.79. The largest absolute Gasteiger partial charge is 0.313 e. The SMILES string of the molecule is O=S1(=O)CCC(S(=O)(=O)NCCNC2CCCCCC2)CC1. The van der Waals surface area contributed by atoms with Crippen LogP contribution in [-0.4, -0.2) is 52.7 Å². The van der Waals surface area contributed by atoms with E-state index in [0.717, 1.165) is 0 Å². The molecule has 0 aromatic carbocycles. The van der Waals surface area contributed by atoms with Crippen LogP contribution in [0.1, 0.15) is 51.4 Å². The predicted molar refractivity (Wildman–Crippen MR) is 88.1 cm³/mol. The molecule has 8 heteroatoms. The van der Waals surface area contributed by atoms with E-state index >= 15 is 0 Å². The molecule has 0 unspecified atom stereocenters. The van der Waals surface area contributed by atoms with Crippen molar-refractivity contribution in [3.8, 4) is 0 Å². The van der Waals surface area contributed by atoms with Crippen molar-refractivity contribution in [3.05, 3.63) is 0 Å². The number of sulfonamides is 1. The third-order valence-electron chi connectivity index (χ3n) is 4.66. The van der Waals surface area contributed by atoms with Crippen LogP contribution in [-0.2, 0) is 19.9 Å². The van der Waals surface area contributed by atoms with Gasteiger partial charge >= 0.3 is 0 Å². The summed E-state index contributed by atoms with van der Waals surface area (Å²) in [6, 6.07) is 0.506. The van der Waals surface area contributed by atoms with Gasteiger partial charge in [-0.25, -0.2) is 21.6 Å². The molecule has 0 bridgehead atoms. The Balaban J connectivity index is 1.69. The average molecular weight is 353 g/mol. The van der Waals surface area contributed by atoms with Gasteiger partial charge in [-0.3, -0.25) is 0 Å². The van der Waals surface area contributed by atoms with E-state index in [2.05, 4.69) is 10.0 Å². The lowest BCUT2D eigenvalue weighted by molar-refractivity contribution is 0.460. The van der Waals surface area contributed by atoms with Crippen LogP contribution in [0, 0.1) is 0 Å². The molecular weight excluding hydrogens is 324 g/mol. The number of sulfone groups is 1. The van der Waals surface area contributed by atoms with Crippen molar-refractivity contribution >= 4 is 19.9 Å². The van der Waals surface area contributed by atoms with E-state index < -0.39 is 25.1 Å². The van der Waals surface area contributed by atoms with Gasteiger partial charge in [0.25, 0.3) is 0 Å². The monoisotopic (exact) mass is 352 g/mol. The first-order valence-corrected chi connectivity index (χ1v) is 11.7. The predicted octanol–water partition coefficient (Wildman–Crippen LogP) is 0.795. The molecule has 0 amide bonds. The maximum Gasteiger partial charge on any atom is 0.214 e. The van der Waals surface area contributed by atoms with Crippen LogP contribution in [0.2, 0.25) is 0 Å². The van der Waals surface area contributed by atoms with E-state index in [-0.39, 0.29) is 24.3 Å². The van der Waals surface area contributed by atoms with E-state index in [1.165, 1.54) is 38.5 Å². The molecule has 0 radical (unpaired) electrons. The van der Waals surface area contributed by atoms with Crippen molar-refractivity contribution in [2.24, 2.45) is 0 Å². The molecule has 1 aliphatic carbocycles. The highest BCUT2D eigenvalue weighted by Crippen LogP contribution is 2.19. The standard InChI is InChI=1S/C14H28N2O4S2/c17-21(18)11-7-14(8-12-21)22(19,20)16-10-9-15-13-5-3-1-2-4-6-13/h13-16H,1-12H2. The summed E-state index contributed by atoms with van der Waals surface area (Å²) in [6.45, 7) is 1.01. The Hall–Kier alpha value is -0.180. The summed E-state index contributed by atoms with van der Waals surface area (Å²) in [7, 11) is -6.42. The molecule has 0 aromatic heterocycles. The minimum absolute atomic E-state index is 0.0150. The van der Waals surface area contributed by atoms with E-state index in [9.17, 15) is 16.8 Å².